The van der Waals surface area contributed by atoms with Gasteiger partial charge >= 0.3 is 0 Å². The average molecular weight is 351 g/mol. The molecule has 2 rings (SSSR count). The molecule has 0 heterocycles. The van der Waals surface area contributed by atoms with Gasteiger partial charge in [0.2, 0.25) is 5.91 Å². The molecule has 2 N–H and O–H groups in total. The molecule has 3 nitrogen and oxygen atoms in total. The van der Waals surface area contributed by atoms with Gasteiger partial charge in [0, 0.05) is 22.6 Å². The zero-order valence-electron chi connectivity index (χ0n) is 13.0. The van der Waals surface area contributed by atoms with E-state index in [1.165, 1.54) is 0 Å². The molecule has 5 heteroatoms. The lowest BCUT2D eigenvalue weighted by molar-refractivity contribution is -0.120. The summed E-state index contributed by atoms with van der Waals surface area (Å²) in [6, 6.07) is 15.4. The minimum absolute atomic E-state index is 0.0205. The van der Waals surface area contributed by atoms with E-state index in [2.05, 4.69) is 10.6 Å². The number of nitrogens with one attached hydrogen (secondary N) is 2. The number of benzene rings is 2. The first-order chi connectivity index (χ1) is 11.0. The van der Waals surface area contributed by atoms with E-state index in [4.69, 9.17) is 23.2 Å². The van der Waals surface area contributed by atoms with E-state index < -0.39 is 0 Å². The molecule has 0 saturated carbocycles. The summed E-state index contributed by atoms with van der Waals surface area (Å²) in [4.78, 5) is 11.9. The summed E-state index contributed by atoms with van der Waals surface area (Å²) in [5, 5.41) is 7.52. The van der Waals surface area contributed by atoms with Gasteiger partial charge in [-0.3, -0.25) is 4.79 Å². The van der Waals surface area contributed by atoms with Gasteiger partial charge < -0.3 is 10.6 Å². The number of carbonyl (C=O) groups is 1. The third-order valence-electron chi connectivity index (χ3n) is 3.56. The largest absolute Gasteiger partial charge is 0.355 e. The highest BCUT2D eigenvalue weighted by atomic mass is 35.5. The highest BCUT2D eigenvalue weighted by molar-refractivity contribution is 6.30. The van der Waals surface area contributed by atoms with E-state index in [1.54, 1.807) is 0 Å². The van der Waals surface area contributed by atoms with Crippen molar-refractivity contribution in [3.8, 4) is 0 Å². The molecule has 0 aromatic heterocycles. The fourth-order valence-corrected chi connectivity index (χ4v) is 2.56. The first-order valence-corrected chi connectivity index (χ1v) is 8.30. The van der Waals surface area contributed by atoms with Gasteiger partial charge in [-0.05, 0) is 48.7 Å². The third-order valence-corrected chi connectivity index (χ3v) is 4.05. The molecule has 0 fully saturated rings. The molecule has 0 aliphatic heterocycles. The molecule has 0 aliphatic rings. The number of carbonyl (C=O) groups excluding carboxylic acids is 1. The standard InChI is InChI=1S/C18H20Cl2N2O/c1-13(15-5-7-16(19)8-6-15)22-12-18(23)21-10-9-14-3-2-4-17(20)11-14/h2-8,11,13,22H,9-10,12H2,1H3,(H,21,23). The lowest BCUT2D eigenvalue weighted by atomic mass is 10.1. The number of halogens is 2. The highest BCUT2D eigenvalue weighted by Gasteiger charge is 2.07. The van der Waals surface area contributed by atoms with Crippen LogP contribution in [0.1, 0.15) is 24.1 Å². The first kappa shape index (κ1) is 17.8. The molecular weight excluding hydrogens is 331 g/mol. The van der Waals surface area contributed by atoms with Crippen molar-refractivity contribution in [2.75, 3.05) is 13.1 Å². The van der Waals surface area contributed by atoms with Gasteiger partial charge in [0.25, 0.3) is 0 Å². The molecule has 23 heavy (non-hydrogen) atoms. The Kier molecular flexibility index (Phi) is 6.90. The van der Waals surface area contributed by atoms with Crippen LogP contribution >= 0.6 is 23.2 Å². The van der Waals surface area contributed by atoms with Crippen molar-refractivity contribution in [1.29, 1.82) is 0 Å². The molecule has 0 bridgehead atoms. The predicted octanol–water partition coefficient (Wildman–Crippen LogP) is 4.00. The van der Waals surface area contributed by atoms with Crippen molar-refractivity contribution in [1.82, 2.24) is 10.6 Å². The molecule has 2 aromatic carbocycles. The third kappa shape index (κ3) is 6.22. The summed E-state index contributed by atoms with van der Waals surface area (Å²) in [7, 11) is 0. The van der Waals surface area contributed by atoms with Crippen LogP contribution in [0, 0.1) is 0 Å². The Hall–Kier alpha value is -1.55. The molecule has 122 valence electrons. The van der Waals surface area contributed by atoms with E-state index >= 15 is 0 Å². The second-order valence-corrected chi connectivity index (χ2v) is 6.26. The molecule has 1 amide bonds. The van der Waals surface area contributed by atoms with Crippen LogP contribution in [0.5, 0.6) is 0 Å². The highest BCUT2D eigenvalue weighted by Crippen LogP contribution is 2.15. The van der Waals surface area contributed by atoms with Gasteiger partial charge in [0.05, 0.1) is 6.54 Å². The zero-order valence-corrected chi connectivity index (χ0v) is 14.5. The van der Waals surface area contributed by atoms with Crippen LogP contribution in [-0.4, -0.2) is 19.0 Å². The normalized spacial score (nSPS) is 12.0. The van der Waals surface area contributed by atoms with Crippen molar-refractivity contribution < 1.29 is 4.79 Å². The Labute approximate surface area is 147 Å². The predicted molar refractivity (Wildman–Crippen MR) is 96.0 cm³/mol. The van der Waals surface area contributed by atoms with Crippen LogP contribution in [0.25, 0.3) is 0 Å². The topological polar surface area (TPSA) is 41.1 Å². The van der Waals surface area contributed by atoms with Gasteiger partial charge in [-0.15, -0.1) is 0 Å². The average Bonchev–Trinajstić information content (AvgIpc) is 2.53. The number of hydrogen-bond donors (Lipinski definition) is 2. The minimum atomic E-state index is -0.0205. The molecule has 0 aliphatic carbocycles. The fourth-order valence-electron chi connectivity index (χ4n) is 2.22. The molecule has 0 spiro atoms. The van der Waals surface area contributed by atoms with Gasteiger partial charge in [-0.2, -0.15) is 0 Å². The number of hydrogen-bond acceptors (Lipinski definition) is 2. The SMILES string of the molecule is CC(NCC(=O)NCCc1cccc(Cl)c1)c1ccc(Cl)cc1. The van der Waals surface area contributed by atoms with Crippen LogP contribution in [0.3, 0.4) is 0 Å². The van der Waals surface area contributed by atoms with E-state index in [0.29, 0.717) is 16.6 Å². The smallest absolute Gasteiger partial charge is 0.233 e. The van der Waals surface area contributed by atoms with E-state index in [0.717, 1.165) is 17.5 Å². The molecular formula is C18H20Cl2N2O. The molecule has 1 unspecified atom stereocenters. The van der Waals surface area contributed by atoms with E-state index in [9.17, 15) is 4.79 Å². The van der Waals surface area contributed by atoms with Crippen molar-refractivity contribution in [2.24, 2.45) is 0 Å². The summed E-state index contributed by atoms with van der Waals surface area (Å²) >= 11 is 11.8. The maximum atomic E-state index is 11.9. The van der Waals surface area contributed by atoms with E-state index in [-0.39, 0.29) is 18.5 Å². The van der Waals surface area contributed by atoms with Gasteiger partial charge in [0.1, 0.15) is 0 Å². The lowest BCUT2D eigenvalue weighted by Crippen LogP contribution is -2.36. The Bertz CT molecular complexity index is 644. The van der Waals surface area contributed by atoms with Crippen molar-refractivity contribution in [3.63, 3.8) is 0 Å². The Morgan fingerprint density at radius 2 is 1.83 bits per heavy atom. The summed E-state index contributed by atoms with van der Waals surface area (Å²) in [6.45, 7) is 2.89. The minimum Gasteiger partial charge on any atom is -0.355 e. The van der Waals surface area contributed by atoms with Crippen molar-refractivity contribution in [2.45, 2.75) is 19.4 Å². The van der Waals surface area contributed by atoms with Crippen LogP contribution < -0.4 is 10.6 Å². The zero-order chi connectivity index (χ0) is 16.7. The van der Waals surface area contributed by atoms with Gasteiger partial charge in [-0.25, -0.2) is 0 Å². The van der Waals surface area contributed by atoms with Crippen molar-refractivity contribution >= 4 is 29.1 Å². The summed E-state index contributed by atoms with van der Waals surface area (Å²) in [6.07, 6.45) is 0.763. The van der Waals surface area contributed by atoms with Crippen LogP contribution in [0.2, 0.25) is 10.0 Å². The van der Waals surface area contributed by atoms with Crippen molar-refractivity contribution in [3.05, 3.63) is 69.7 Å². The lowest BCUT2D eigenvalue weighted by Gasteiger charge is -2.14. The second-order valence-electron chi connectivity index (χ2n) is 5.38. The van der Waals surface area contributed by atoms with Crippen LogP contribution in [0.4, 0.5) is 0 Å². The van der Waals surface area contributed by atoms with Gasteiger partial charge in [0.15, 0.2) is 0 Å². The Morgan fingerprint density at radius 1 is 1.09 bits per heavy atom. The summed E-state index contributed by atoms with van der Waals surface area (Å²) in [5.41, 5.74) is 2.21. The van der Waals surface area contributed by atoms with E-state index in [1.807, 2.05) is 55.5 Å². The first-order valence-electron chi connectivity index (χ1n) is 7.54. The monoisotopic (exact) mass is 350 g/mol. The number of amides is 1. The molecule has 0 saturated heterocycles. The quantitative estimate of drug-likeness (QED) is 0.792. The van der Waals surface area contributed by atoms with Crippen LogP contribution in [-0.2, 0) is 11.2 Å². The summed E-state index contributed by atoms with van der Waals surface area (Å²) in [5.74, 6) is -0.0205. The fraction of sp³-hybridized carbons (Fsp3) is 0.278. The Balaban J connectivity index is 1.69. The molecule has 1 atom stereocenters. The number of rotatable bonds is 7. The Morgan fingerprint density at radius 3 is 2.52 bits per heavy atom. The second kappa shape index (κ2) is 8.92. The van der Waals surface area contributed by atoms with Gasteiger partial charge in [-0.1, -0.05) is 47.5 Å². The maximum Gasteiger partial charge on any atom is 0.233 e. The summed E-state index contributed by atoms with van der Waals surface area (Å²) < 4.78 is 0. The molecule has 2 aromatic rings. The van der Waals surface area contributed by atoms with Crippen LogP contribution in [0.15, 0.2) is 48.5 Å². The maximum absolute atomic E-state index is 11.9. The molecule has 0 radical (unpaired) electrons.